The number of aliphatic hydroxyl groups excluding tert-OH is 1. The number of halogens is 2. The number of aliphatic hydroxyl groups is 1. The fourth-order valence-corrected chi connectivity index (χ4v) is 4.29. The van der Waals surface area contributed by atoms with Gasteiger partial charge in [-0.05, 0) is 30.4 Å². The molecular formula is C14H19ClFNO3S. The van der Waals surface area contributed by atoms with E-state index in [2.05, 4.69) is 11.6 Å². The highest BCUT2D eigenvalue weighted by atomic mass is 35.5. The number of hydrogen-bond donors (Lipinski definition) is 2. The maximum atomic E-state index is 14.1. The van der Waals surface area contributed by atoms with Crippen LogP contribution in [0.2, 0.25) is 5.02 Å². The van der Waals surface area contributed by atoms with E-state index < -0.39 is 27.3 Å². The summed E-state index contributed by atoms with van der Waals surface area (Å²) in [7, 11) is -3.98. The van der Waals surface area contributed by atoms with Crippen molar-refractivity contribution >= 4 is 21.6 Å². The van der Waals surface area contributed by atoms with Gasteiger partial charge in [0, 0.05) is 17.1 Å². The molecule has 1 aromatic rings. The molecule has 0 heterocycles. The molecule has 1 fully saturated rings. The van der Waals surface area contributed by atoms with Gasteiger partial charge in [0.05, 0.1) is 6.61 Å². The zero-order valence-corrected chi connectivity index (χ0v) is 13.3. The number of hydrogen-bond acceptors (Lipinski definition) is 3. The van der Waals surface area contributed by atoms with Gasteiger partial charge in [0.1, 0.15) is 10.7 Å². The summed E-state index contributed by atoms with van der Waals surface area (Å²) in [5, 5.41) is 9.14. The minimum absolute atomic E-state index is 0.0788. The Kier molecular flexibility index (Phi) is 5.24. The molecule has 1 aliphatic rings. The standard InChI is InChI=1S/C14H19ClFNO3S/c1-9-3-2-4-10(9)7-17-21(19,20)13-6-12(15)5-11(8-18)14(13)16/h5-6,9-10,17-18H,2-4,7-8H2,1H3. The van der Waals surface area contributed by atoms with Crippen molar-refractivity contribution in [1.82, 2.24) is 4.72 Å². The van der Waals surface area contributed by atoms with Gasteiger partial charge in [-0.2, -0.15) is 0 Å². The highest BCUT2D eigenvalue weighted by molar-refractivity contribution is 7.89. The molecule has 0 saturated heterocycles. The van der Waals surface area contributed by atoms with Crippen molar-refractivity contribution in [3.05, 3.63) is 28.5 Å². The molecule has 1 saturated carbocycles. The largest absolute Gasteiger partial charge is 0.392 e. The van der Waals surface area contributed by atoms with E-state index in [9.17, 15) is 12.8 Å². The summed E-state index contributed by atoms with van der Waals surface area (Å²) in [4.78, 5) is -0.510. The van der Waals surface area contributed by atoms with Gasteiger partial charge in [0.15, 0.2) is 0 Å². The van der Waals surface area contributed by atoms with E-state index in [0.717, 1.165) is 25.3 Å². The summed E-state index contributed by atoms with van der Waals surface area (Å²) >= 11 is 5.79. The molecule has 21 heavy (non-hydrogen) atoms. The highest BCUT2D eigenvalue weighted by Gasteiger charge is 2.27. The van der Waals surface area contributed by atoms with Crippen LogP contribution in [0.5, 0.6) is 0 Å². The minimum Gasteiger partial charge on any atom is -0.392 e. The number of benzene rings is 1. The minimum atomic E-state index is -3.98. The van der Waals surface area contributed by atoms with Crippen LogP contribution in [0.25, 0.3) is 0 Å². The van der Waals surface area contributed by atoms with Crippen molar-refractivity contribution in [2.45, 2.75) is 37.7 Å². The van der Waals surface area contributed by atoms with E-state index in [1.165, 1.54) is 6.07 Å². The second kappa shape index (κ2) is 6.60. The lowest BCUT2D eigenvalue weighted by Crippen LogP contribution is -2.31. The van der Waals surface area contributed by atoms with Crippen LogP contribution in [0.15, 0.2) is 17.0 Å². The second-order valence-electron chi connectivity index (χ2n) is 5.56. The van der Waals surface area contributed by atoms with Gasteiger partial charge in [-0.15, -0.1) is 0 Å². The van der Waals surface area contributed by atoms with Gasteiger partial charge in [-0.3, -0.25) is 0 Å². The fraction of sp³-hybridized carbons (Fsp3) is 0.571. The van der Waals surface area contributed by atoms with Gasteiger partial charge in [0.25, 0.3) is 0 Å². The molecule has 0 aromatic heterocycles. The first-order valence-corrected chi connectivity index (χ1v) is 8.79. The van der Waals surface area contributed by atoms with E-state index in [1.54, 1.807) is 0 Å². The summed E-state index contributed by atoms with van der Waals surface area (Å²) in [6, 6.07) is 2.28. The van der Waals surface area contributed by atoms with Gasteiger partial charge in [-0.1, -0.05) is 31.4 Å². The average Bonchev–Trinajstić information content (AvgIpc) is 2.84. The molecule has 0 radical (unpaired) electrons. The van der Waals surface area contributed by atoms with Crippen molar-refractivity contribution in [3.63, 3.8) is 0 Å². The van der Waals surface area contributed by atoms with Crippen molar-refractivity contribution in [1.29, 1.82) is 0 Å². The van der Waals surface area contributed by atoms with Crippen LogP contribution >= 0.6 is 11.6 Å². The van der Waals surface area contributed by atoms with E-state index >= 15 is 0 Å². The smallest absolute Gasteiger partial charge is 0.243 e. The quantitative estimate of drug-likeness (QED) is 0.869. The lowest BCUT2D eigenvalue weighted by atomic mass is 9.99. The molecule has 2 N–H and O–H groups in total. The van der Waals surface area contributed by atoms with Crippen LogP contribution in [0.4, 0.5) is 4.39 Å². The molecule has 118 valence electrons. The Balaban J connectivity index is 2.21. The summed E-state index contributed by atoms with van der Waals surface area (Å²) < 4.78 is 41.0. The van der Waals surface area contributed by atoms with Gasteiger partial charge >= 0.3 is 0 Å². The monoisotopic (exact) mass is 335 g/mol. The van der Waals surface area contributed by atoms with Crippen molar-refractivity contribution in [2.75, 3.05) is 6.54 Å². The predicted molar refractivity (Wildman–Crippen MR) is 79.0 cm³/mol. The molecule has 0 aliphatic heterocycles. The van der Waals surface area contributed by atoms with Crippen LogP contribution in [-0.2, 0) is 16.6 Å². The predicted octanol–water partition coefficient (Wildman–Crippen LogP) is 2.69. The first-order chi connectivity index (χ1) is 9.85. The van der Waals surface area contributed by atoms with E-state index in [1.807, 2.05) is 0 Å². The number of rotatable bonds is 5. The Labute approximate surface area is 129 Å². The number of sulfonamides is 1. The molecule has 1 aliphatic carbocycles. The molecule has 2 rings (SSSR count). The zero-order chi connectivity index (χ0) is 15.6. The summed E-state index contributed by atoms with van der Waals surface area (Å²) in [5.41, 5.74) is -0.128. The molecule has 0 spiro atoms. The Morgan fingerprint density at radius 3 is 2.71 bits per heavy atom. The Bertz CT molecular complexity index is 621. The van der Waals surface area contributed by atoms with Gasteiger partial charge < -0.3 is 5.11 Å². The first-order valence-electron chi connectivity index (χ1n) is 6.93. The van der Waals surface area contributed by atoms with Crippen LogP contribution in [0.1, 0.15) is 31.7 Å². The molecule has 7 heteroatoms. The van der Waals surface area contributed by atoms with Crippen LogP contribution < -0.4 is 4.72 Å². The Hall–Kier alpha value is -0.690. The average molecular weight is 336 g/mol. The third-order valence-electron chi connectivity index (χ3n) is 4.11. The van der Waals surface area contributed by atoms with Crippen molar-refractivity contribution in [2.24, 2.45) is 11.8 Å². The Morgan fingerprint density at radius 1 is 1.43 bits per heavy atom. The molecule has 0 amide bonds. The van der Waals surface area contributed by atoms with Crippen LogP contribution in [-0.4, -0.2) is 20.1 Å². The van der Waals surface area contributed by atoms with Gasteiger partial charge in [-0.25, -0.2) is 17.5 Å². The van der Waals surface area contributed by atoms with E-state index in [-0.39, 0.29) is 16.5 Å². The van der Waals surface area contributed by atoms with Crippen molar-refractivity contribution < 1.29 is 17.9 Å². The second-order valence-corrected chi connectivity index (χ2v) is 7.73. The maximum Gasteiger partial charge on any atom is 0.243 e. The van der Waals surface area contributed by atoms with Crippen LogP contribution in [0, 0.1) is 17.7 Å². The molecule has 2 unspecified atom stereocenters. The van der Waals surface area contributed by atoms with Crippen molar-refractivity contribution in [3.8, 4) is 0 Å². The SMILES string of the molecule is CC1CCCC1CNS(=O)(=O)c1cc(Cl)cc(CO)c1F. The topological polar surface area (TPSA) is 66.4 Å². The van der Waals surface area contributed by atoms with Crippen LogP contribution in [0.3, 0.4) is 0 Å². The lowest BCUT2D eigenvalue weighted by Gasteiger charge is -2.16. The lowest BCUT2D eigenvalue weighted by molar-refractivity contribution is 0.274. The maximum absolute atomic E-state index is 14.1. The van der Waals surface area contributed by atoms with Gasteiger partial charge in [0.2, 0.25) is 10.0 Å². The normalized spacial score (nSPS) is 22.7. The van der Waals surface area contributed by atoms with E-state index in [4.69, 9.17) is 16.7 Å². The molecule has 4 nitrogen and oxygen atoms in total. The molecule has 2 atom stereocenters. The van der Waals surface area contributed by atoms with E-state index in [0.29, 0.717) is 12.5 Å². The zero-order valence-electron chi connectivity index (χ0n) is 11.8. The third kappa shape index (κ3) is 3.74. The molecule has 1 aromatic carbocycles. The Morgan fingerprint density at radius 2 is 2.14 bits per heavy atom. The fourth-order valence-electron chi connectivity index (χ4n) is 2.75. The highest BCUT2D eigenvalue weighted by Crippen LogP contribution is 2.31. The summed E-state index contributed by atoms with van der Waals surface area (Å²) in [5.74, 6) is -0.210. The summed E-state index contributed by atoms with van der Waals surface area (Å²) in [6.45, 7) is 1.79. The molecular weight excluding hydrogens is 317 g/mol. The first kappa shape index (κ1) is 16.7. The molecule has 0 bridgehead atoms. The summed E-state index contributed by atoms with van der Waals surface area (Å²) in [6.07, 6.45) is 3.16. The number of nitrogens with one attached hydrogen (secondary N) is 1. The third-order valence-corrected chi connectivity index (χ3v) is 5.75.